The van der Waals surface area contributed by atoms with Crippen molar-refractivity contribution in [3.63, 3.8) is 0 Å². The molecule has 0 bridgehead atoms. The van der Waals surface area contributed by atoms with E-state index in [1.54, 1.807) is 0 Å². The molecule has 1 aromatic rings. The third-order valence-electron chi connectivity index (χ3n) is 2.98. The van der Waals surface area contributed by atoms with Gasteiger partial charge in [-0.25, -0.2) is 13.4 Å². The van der Waals surface area contributed by atoms with Crippen LogP contribution in [0.25, 0.3) is 0 Å². The first kappa shape index (κ1) is 14.2. The van der Waals surface area contributed by atoms with E-state index in [1.165, 1.54) is 21.5 Å². The lowest BCUT2D eigenvalue weighted by atomic mass is 10.4. The van der Waals surface area contributed by atoms with Crippen molar-refractivity contribution in [1.82, 2.24) is 9.29 Å². The molecule has 0 amide bonds. The first-order chi connectivity index (χ1) is 8.41. The zero-order chi connectivity index (χ0) is 13.3. The van der Waals surface area contributed by atoms with Gasteiger partial charge in [0.25, 0.3) is 0 Å². The van der Waals surface area contributed by atoms with E-state index in [-0.39, 0.29) is 10.0 Å². The third-order valence-corrected chi connectivity index (χ3v) is 5.98. The van der Waals surface area contributed by atoms with E-state index in [2.05, 4.69) is 28.0 Å². The summed E-state index contributed by atoms with van der Waals surface area (Å²) in [5.74, 6) is 0. The van der Waals surface area contributed by atoms with Crippen LogP contribution >= 0.6 is 27.5 Å². The lowest BCUT2D eigenvalue weighted by Gasteiger charge is -2.29. The van der Waals surface area contributed by atoms with Crippen molar-refractivity contribution < 1.29 is 13.3 Å². The summed E-state index contributed by atoms with van der Waals surface area (Å²) in [4.78, 5) is 5.39. The van der Waals surface area contributed by atoms with Gasteiger partial charge in [0.1, 0.15) is 10.0 Å². The van der Waals surface area contributed by atoms with Crippen molar-refractivity contribution in [3.8, 4) is 0 Å². The van der Waals surface area contributed by atoms with Crippen molar-refractivity contribution in [2.24, 2.45) is 0 Å². The smallest absolute Gasteiger partial charge is 0.245 e. The molecule has 0 spiro atoms. The van der Waals surface area contributed by atoms with E-state index in [0.717, 1.165) is 13.1 Å². The number of likely N-dealkylation sites (N-methyl/N-ethyl adjacent to an activating group) is 1. The lowest BCUT2D eigenvalue weighted by molar-refractivity contribution is -0.883. The van der Waals surface area contributed by atoms with Crippen LogP contribution in [0, 0.1) is 0 Å². The summed E-state index contributed by atoms with van der Waals surface area (Å²) >= 11 is 8.96. The zero-order valence-corrected chi connectivity index (χ0v) is 13.0. The number of piperazine rings is 1. The lowest BCUT2D eigenvalue weighted by Crippen LogP contribution is -3.12. The second kappa shape index (κ2) is 5.42. The molecule has 1 aliphatic heterocycles. The molecule has 0 unspecified atom stereocenters. The summed E-state index contributed by atoms with van der Waals surface area (Å²) in [6.45, 7) is 2.71. The van der Waals surface area contributed by atoms with Gasteiger partial charge in [-0.05, 0) is 22.0 Å². The van der Waals surface area contributed by atoms with Gasteiger partial charge in [-0.1, -0.05) is 11.6 Å². The number of hydrogen-bond acceptors (Lipinski definition) is 3. The Morgan fingerprint density at radius 1 is 1.44 bits per heavy atom. The molecule has 0 atom stereocenters. The molecule has 100 valence electrons. The van der Waals surface area contributed by atoms with Crippen molar-refractivity contribution in [3.05, 3.63) is 21.9 Å². The number of sulfonamides is 1. The van der Waals surface area contributed by atoms with Gasteiger partial charge in [-0.2, -0.15) is 4.31 Å². The maximum atomic E-state index is 12.4. The molecule has 8 heteroatoms. The molecule has 5 nitrogen and oxygen atoms in total. The van der Waals surface area contributed by atoms with Crippen LogP contribution in [0.3, 0.4) is 0 Å². The van der Waals surface area contributed by atoms with E-state index in [1.807, 2.05) is 0 Å². The van der Waals surface area contributed by atoms with Gasteiger partial charge in [0.2, 0.25) is 10.0 Å². The molecule has 0 saturated carbocycles. The van der Waals surface area contributed by atoms with Gasteiger partial charge in [-0.3, -0.25) is 0 Å². The number of pyridine rings is 1. The average Bonchev–Trinajstić information content (AvgIpc) is 2.33. The minimum atomic E-state index is -3.46. The number of rotatable bonds is 2. The van der Waals surface area contributed by atoms with Gasteiger partial charge in [-0.15, -0.1) is 0 Å². The number of aromatic nitrogens is 1. The monoisotopic (exact) mass is 354 g/mol. The number of nitrogens with one attached hydrogen (secondary N) is 1. The summed E-state index contributed by atoms with van der Waals surface area (Å²) in [5.41, 5.74) is 0. The molecule has 0 radical (unpaired) electrons. The Morgan fingerprint density at radius 2 is 2.06 bits per heavy atom. The third kappa shape index (κ3) is 2.85. The first-order valence-corrected chi connectivity index (χ1v) is 8.15. The van der Waals surface area contributed by atoms with Crippen LogP contribution in [0.2, 0.25) is 5.15 Å². The normalized spacial score (nSPS) is 19.1. The predicted octanol–water partition coefficient (Wildman–Crippen LogP) is 0.0165. The van der Waals surface area contributed by atoms with Crippen LogP contribution in [-0.2, 0) is 10.0 Å². The van der Waals surface area contributed by atoms with Crippen LogP contribution < -0.4 is 4.90 Å². The highest BCUT2D eigenvalue weighted by Crippen LogP contribution is 2.24. The molecule has 1 aromatic heterocycles. The highest BCUT2D eigenvalue weighted by atomic mass is 79.9. The molecule has 0 aromatic carbocycles. The van der Waals surface area contributed by atoms with E-state index in [9.17, 15) is 8.42 Å². The highest BCUT2D eigenvalue weighted by Gasteiger charge is 2.29. The Labute approximate surface area is 120 Å². The fourth-order valence-electron chi connectivity index (χ4n) is 1.80. The van der Waals surface area contributed by atoms with Gasteiger partial charge in [0.15, 0.2) is 0 Å². The highest BCUT2D eigenvalue weighted by molar-refractivity contribution is 9.10. The SMILES string of the molecule is C[NH+]1CCN(S(=O)(=O)c2cnc(Cl)c(Br)c2)CC1. The van der Waals surface area contributed by atoms with Crippen molar-refractivity contribution in [2.45, 2.75) is 4.90 Å². The van der Waals surface area contributed by atoms with Gasteiger partial charge in [0.05, 0.1) is 37.7 Å². The molecule has 2 rings (SSSR count). The van der Waals surface area contributed by atoms with E-state index < -0.39 is 10.0 Å². The summed E-state index contributed by atoms with van der Waals surface area (Å²) in [6, 6.07) is 1.50. The van der Waals surface area contributed by atoms with Crippen molar-refractivity contribution in [2.75, 3.05) is 33.2 Å². The number of hydrogen-bond donors (Lipinski definition) is 1. The molecular formula is C10H14BrClN3O2S+. The second-order valence-electron chi connectivity index (χ2n) is 4.30. The van der Waals surface area contributed by atoms with Crippen molar-refractivity contribution >= 4 is 37.6 Å². The molecule has 0 aliphatic carbocycles. The van der Waals surface area contributed by atoms with Crippen LogP contribution in [0.1, 0.15) is 0 Å². The minimum Gasteiger partial charge on any atom is -0.335 e. The molecule has 1 fully saturated rings. The van der Waals surface area contributed by atoms with Gasteiger partial charge in [0, 0.05) is 6.20 Å². The molecule has 2 heterocycles. The predicted molar refractivity (Wildman–Crippen MR) is 72.3 cm³/mol. The molecule has 18 heavy (non-hydrogen) atoms. The number of halogens is 2. The van der Waals surface area contributed by atoms with Crippen molar-refractivity contribution in [1.29, 1.82) is 0 Å². The largest absolute Gasteiger partial charge is 0.335 e. The average molecular weight is 356 g/mol. The Kier molecular flexibility index (Phi) is 4.28. The summed E-state index contributed by atoms with van der Waals surface area (Å²) in [5, 5.41) is 0.261. The van der Waals surface area contributed by atoms with Gasteiger partial charge < -0.3 is 4.90 Å². The summed E-state index contributed by atoms with van der Waals surface area (Å²) in [7, 11) is -1.40. The Hall–Kier alpha value is -0.210. The zero-order valence-electron chi connectivity index (χ0n) is 9.86. The minimum absolute atomic E-state index is 0.179. The second-order valence-corrected chi connectivity index (χ2v) is 7.46. The Morgan fingerprint density at radius 3 is 2.61 bits per heavy atom. The fraction of sp³-hybridized carbons (Fsp3) is 0.500. The van der Waals surface area contributed by atoms with E-state index in [0.29, 0.717) is 17.6 Å². The molecule has 1 aliphatic rings. The summed E-state index contributed by atoms with van der Waals surface area (Å²) in [6.07, 6.45) is 1.30. The summed E-state index contributed by atoms with van der Waals surface area (Å²) < 4.78 is 26.7. The van der Waals surface area contributed by atoms with E-state index in [4.69, 9.17) is 11.6 Å². The van der Waals surface area contributed by atoms with Crippen LogP contribution in [-0.4, -0.2) is 50.9 Å². The van der Waals surface area contributed by atoms with Crippen LogP contribution in [0.5, 0.6) is 0 Å². The van der Waals surface area contributed by atoms with Crippen LogP contribution in [0.15, 0.2) is 21.6 Å². The molecule has 1 saturated heterocycles. The Bertz CT molecular complexity index is 544. The van der Waals surface area contributed by atoms with E-state index >= 15 is 0 Å². The van der Waals surface area contributed by atoms with Crippen LogP contribution in [0.4, 0.5) is 0 Å². The molecular weight excluding hydrogens is 342 g/mol. The number of quaternary nitrogens is 1. The standard InChI is InChI=1S/C10H13BrClN3O2S/c1-14-2-4-15(5-3-14)18(16,17)8-6-9(11)10(12)13-7-8/h6-7H,2-5H2,1H3/p+1. The van der Waals surface area contributed by atoms with Gasteiger partial charge >= 0.3 is 0 Å². The number of nitrogens with zero attached hydrogens (tertiary/aromatic N) is 2. The topological polar surface area (TPSA) is 54.7 Å². The maximum Gasteiger partial charge on any atom is 0.245 e. The maximum absolute atomic E-state index is 12.4. The quantitative estimate of drug-likeness (QED) is 0.761. The fourth-order valence-corrected chi connectivity index (χ4v) is 3.82. The Balaban J connectivity index is 2.27. The first-order valence-electron chi connectivity index (χ1n) is 5.54. The molecule has 1 N–H and O–H groups in total.